The van der Waals surface area contributed by atoms with Crippen molar-refractivity contribution in [2.75, 3.05) is 18.0 Å². The Morgan fingerprint density at radius 2 is 2.25 bits per heavy atom. The van der Waals surface area contributed by atoms with Crippen molar-refractivity contribution in [3.8, 4) is 0 Å². The van der Waals surface area contributed by atoms with E-state index in [2.05, 4.69) is 32.7 Å². The van der Waals surface area contributed by atoms with Gasteiger partial charge in [-0.1, -0.05) is 12.1 Å². The number of benzene rings is 1. The molecule has 4 nitrogen and oxygen atoms in total. The van der Waals surface area contributed by atoms with Gasteiger partial charge in [0.1, 0.15) is 0 Å². The van der Waals surface area contributed by atoms with Crippen molar-refractivity contribution in [1.29, 1.82) is 0 Å². The summed E-state index contributed by atoms with van der Waals surface area (Å²) in [6.45, 7) is 5.30. The van der Waals surface area contributed by atoms with Gasteiger partial charge in [0, 0.05) is 43.8 Å². The predicted octanol–water partition coefficient (Wildman–Crippen LogP) is 2.36. The molecule has 1 atom stereocenters. The van der Waals surface area contributed by atoms with Crippen LogP contribution in [0, 0.1) is 0 Å². The van der Waals surface area contributed by atoms with E-state index in [-0.39, 0.29) is 6.04 Å². The summed E-state index contributed by atoms with van der Waals surface area (Å²) in [7, 11) is 0. The summed E-state index contributed by atoms with van der Waals surface area (Å²) >= 11 is 0. The summed E-state index contributed by atoms with van der Waals surface area (Å²) in [5, 5.41) is 0. The standard InChI is InChI=1S/C16H22N4/c1-13(17)14-3-4-16-15(11-14)5-9-20(16)8-2-7-19-10-6-18-12-19/h3-4,6,10-13H,2,5,7-9,17H2,1H3. The van der Waals surface area contributed by atoms with Gasteiger partial charge in [-0.05, 0) is 37.0 Å². The molecule has 20 heavy (non-hydrogen) atoms. The second-order valence-corrected chi connectivity index (χ2v) is 5.57. The first-order valence-electron chi connectivity index (χ1n) is 7.33. The van der Waals surface area contributed by atoms with Crippen LogP contribution in [0.3, 0.4) is 0 Å². The number of rotatable bonds is 5. The molecular formula is C16H22N4. The van der Waals surface area contributed by atoms with E-state index in [0.717, 1.165) is 32.5 Å². The van der Waals surface area contributed by atoms with Crippen molar-refractivity contribution < 1.29 is 0 Å². The highest BCUT2D eigenvalue weighted by atomic mass is 15.1. The third-order valence-electron chi connectivity index (χ3n) is 4.02. The number of aromatic nitrogens is 2. The van der Waals surface area contributed by atoms with Crippen molar-refractivity contribution >= 4 is 5.69 Å². The van der Waals surface area contributed by atoms with E-state index in [4.69, 9.17) is 5.73 Å². The molecule has 0 saturated carbocycles. The first kappa shape index (κ1) is 13.2. The normalized spacial score (nSPS) is 15.4. The van der Waals surface area contributed by atoms with Gasteiger partial charge < -0.3 is 15.2 Å². The van der Waals surface area contributed by atoms with E-state index < -0.39 is 0 Å². The van der Waals surface area contributed by atoms with Gasteiger partial charge in [-0.15, -0.1) is 0 Å². The third kappa shape index (κ3) is 2.70. The molecule has 2 aromatic rings. The molecule has 2 heterocycles. The molecule has 0 aliphatic carbocycles. The highest BCUT2D eigenvalue weighted by molar-refractivity contribution is 5.59. The van der Waals surface area contributed by atoms with Gasteiger partial charge in [0.05, 0.1) is 6.33 Å². The minimum atomic E-state index is 0.121. The van der Waals surface area contributed by atoms with Crippen LogP contribution in [-0.4, -0.2) is 22.6 Å². The maximum atomic E-state index is 5.95. The fourth-order valence-electron chi connectivity index (χ4n) is 2.87. The lowest BCUT2D eigenvalue weighted by Crippen LogP contribution is -2.22. The summed E-state index contributed by atoms with van der Waals surface area (Å²) in [5.41, 5.74) is 10.0. The maximum absolute atomic E-state index is 5.95. The number of aryl methyl sites for hydroxylation is 1. The Balaban J connectivity index is 1.61. The smallest absolute Gasteiger partial charge is 0.0945 e. The number of nitrogens with zero attached hydrogens (tertiary/aromatic N) is 3. The predicted molar refractivity (Wildman–Crippen MR) is 81.8 cm³/mol. The number of hydrogen-bond acceptors (Lipinski definition) is 3. The fourth-order valence-corrected chi connectivity index (χ4v) is 2.87. The molecule has 106 valence electrons. The second kappa shape index (κ2) is 5.67. The molecular weight excluding hydrogens is 248 g/mol. The summed E-state index contributed by atoms with van der Waals surface area (Å²) < 4.78 is 2.14. The number of hydrogen-bond donors (Lipinski definition) is 1. The number of fused-ring (bicyclic) bond motifs is 1. The highest BCUT2D eigenvalue weighted by Crippen LogP contribution is 2.30. The monoisotopic (exact) mass is 270 g/mol. The molecule has 2 N–H and O–H groups in total. The minimum Gasteiger partial charge on any atom is -0.371 e. The SMILES string of the molecule is CC(N)c1ccc2c(c1)CCN2CCCn1ccnc1. The molecule has 0 bridgehead atoms. The van der Waals surface area contributed by atoms with E-state index in [1.54, 1.807) is 0 Å². The summed E-state index contributed by atoms with van der Waals surface area (Å²) in [6, 6.07) is 6.79. The van der Waals surface area contributed by atoms with E-state index in [9.17, 15) is 0 Å². The van der Waals surface area contributed by atoms with Gasteiger partial charge in [-0.25, -0.2) is 4.98 Å². The summed E-state index contributed by atoms with van der Waals surface area (Å²) in [5.74, 6) is 0. The molecule has 4 heteroatoms. The molecule has 0 radical (unpaired) electrons. The van der Waals surface area contributed by atoms with Crippen LogP contribution in [0.4, 0.5) is 5.69 Å². The van der Waals surface area contributed by atoms with Crippen molar-refractivity contribution in [2.45, 2.75) is 32.4 Å². The van der Waals surface area contributed by atoms with Crippen molar-refractivity contribution in [3.63, 3.8) is 0 Å². The molecule has 1 aromatic heterocycles. The first-order chi connectivity index (χ1) is 9.74. The topological polar surface area (TPSA) is 47.1 Å². The van der Waals surface area contributed by atoms with E-state index in [1.807, 2.05) is 25.6 Å². The lowest BCUT2D eigenvalue weighted by molar-refractivity contribution is 0.629. The average molecular weight is 270 g/mol. The number of imidazole rings is 1. The molecule has 0 spiro atoms. The molecule has 1 aliphatic heterocycles. The Hall–Kier alpha value is -1.81. The first-order valence-corrected chi connectivity index (χ1v) is 7.33. The molecule has 1 aromatic carbocycles. The summed E-state index contributed by atoms with van der Waals surface area (Å²) in [4.78, 5) is 6.56. The lowest BCUT2D eigenvalue weighted by Gasteiger charge is -2.20. The van der Waals surface area contributed by atoms with E-state index in [1.165, 1.54) is 16.8 Å². The highest BCUT2D eigenvalue weighted by Gasteiger charge is 2.19. The minimum absolute atomic E-state index is 0.121. The van der Waals surface area contributed by atoms with Crippen LogP contribution in [-0.2, 0) is 13.0 Å². The Labute approximate surface area is 120 Å². The quantitative estimate of drug-likeness (QED) is 0.907. The van der Waals surface area contributed by atoms with Crippen LogP contribution in [0.15, 0.2) is 36.9 Å². The van der Waals surface area contributed by atoms with Crippen LogP contribution >= 0.6 is 0 Å². The fraction of sp³-hybridized carbons (Fsp3) is 0.438. The van der Waals surface area contributed by atoms with Gasteiger partial charge in [0.15, 0.2) is 0 Å². The zero-order chi connectivity index (χ0) is 13.9. The largest absolute Gasteiger partial charge is 0.371 e. The van der Waals surface area contributed by atoms with Crippen molar-refractivity contribution in [3.05, 3.63) is 48.0 Å². The molecule has 1 aliphatic rings. The Morgan fingerprint density at radius 1 is 1.35 bits per heavy atom. The Kier molecular flexibility index (Phi) is 3.74. The molecule has 0 fully saturated rings. The molecule has 3 rings (SSSR count). The van der Waals surface area contributed by atoms with Crippen LogP contribution in [0.2, 0.25) is 0 Å². The van der Waals surface area contributed by atoms with Gasteiger partial charge in [0.25, 0.3) is 0 Å². The summed E-state index contributed by atoms with van der Waals surface area (Å²) in [6.07, 6.45) is 8.02. The van der Waals surface area contributed by atoms with Crippen molar-refractivity contribution in [1.82, 2.24) is 9.55 Å². The third-order valence-corrected chi connectivity index (χ3v) is 4.02. The van der Waals surface area contributed by atoms with Gasteiger partial charge in [0.2, 0.25) is 0 Å². The number of anilines is 1. The molecule has 1 unspecified atom stereocenters. The van der Waals surface area contributed by atoms with Crippen LogP contribution in [0.5, 0.6) is 0 Å². The molecule has 0 saturated heterocycles. The Morgan fingerprint density at radius 3 is 3.00 bits per heavy atom. The Bertz CT molecular complexity index is 560. The maximum Gasteiger partial charge on any atom is 0.0945 e. The molecule has 0 amide bonds. The van der Waals surface area contributed by atoms with Crippen LogP contribution in [0.1, 0.15) is 30.5 Å². The average Bonchev–Trinajstić information content (AvgIpc) is 3.08. The van der Waals surface area contributed by atoms with Gasteiger partial charge >= 0.3 is 0 Å². The van der Waals surface area contributed by atoms with Crippen LogP contribution < -0.4 is 10.6 Å². The van der Waals surface area contributed by atoms with Gasteiger partial charge in [-0.2, -0.15) is 0 Å². The van der Waals surface area contributed by atoms with E-state index in [0.29, 0.717) is 0 Å². The number of nitrogens with two attached hydrogens (primary N) is 1. The van der Waals surface area contributed by atoms with Crippen molar-refractivity contribution in [2.24, 2.45) is 5.73 Å². The zero-order valence-electron chi connectivity index (χ0n) is 12.0. The van der Waals surface area contributed by atoms with Crippen LogP contribution in [0.25, 0.3) is 0 Å². The zero-order valence-corrected chi connectivity index (χ0v) is 12.0. The lowest BCUT2D eigenvalue weighted by atomic mass is 10.0. The van der Waals surface area contributed by atoms with E-state index >= 15 is 0 Å². The second-order valence-electron chi connectivity index (χ2n) is 5.57. The van der Waals surface area contributed by atoms with Gasteiger partial charge in [-0.3, -0.25) is 0 Å².